The van der Waals surface area contributed by atoms with Crippen LogP contribution in [0.15, 0.2) is 41.6 Å². The van der Waals surface area contributed by atoms with E-state index in [2.05, 4.69) is 10.3 Å². The van der Waals surface area contributed by atoms with Crippen LogP contribution in [0.2, 0.25) is 0 Å². The van der Waals surface area contributed by atoms with Crippen molar-refractivity contribution in [1.29, 1.82) is 0 Å². The zero-order valence-corrected chi connectivity index (χ0v) is 12.4. The molecule has 0 saturated carbocycles. The van der Waals surface area contributed by atoms with Gasteiger partial charge in [-0.25, -0.2) is 0 Å². The highest BCUT2D eigenvalue weighted by Gasteiger charge is 2.18. The second kappa shape index (κ2) is 7.82. The molecular formula is C16H20N2O4. The molecule has 22 heavy (non-hydrogen) atoms. The van der Waals surface area contributed by atoms with Gasteiger partial charge in [-0.1, -0.05) is 12.1 Å². The number of benzene rings is 1. The maximum absolute atomic E-state index is 5.84. The molecule has 2 aliphatic heterocycles. The van der Waals surface area contributed by atoms with Gasteiger partial charge in [-0.05, 0) is 24.6 Å². The van der Waals surface area contributed by atoms with E-state index in [-0.39, 0.29) is 19.6 Å². The normalized spacial score (nSPS) is 22.7. The Morgan fingerprint density at radius 2 is 2.18 bits per heavy atom. The summed E-state index contributed by atoms with van der Waals surface area (Å²) in [5, 5.41) is 3.35. The quantitative estimate of drug-likeness (QED) is 0.796. The second-order valence-electron chi connectivity index (χ2n) is 4.95. The molecule has 0 aromatic heterocycles. The number of ether oxygens (including phenoxy) is 4. The van der Waals surface area contributed by atoms with Crippen LogP contribution in [0.5, 0.6) is 5.75 Å². The minimum absolute atomic E-state index is 0.134. The first-order valence-corrected chi connectivity index (χ1v) is 7.41. The molecule has 1 unspecified atom stereocenters. The maximum Gasteiger partial charge on any atom is 0.191 e. The van der Waals surface area contributed by atoms with Crippen LogP contribution in [-0.2, 0) is 14.2 Å². The van der Waals surface area contributed by atoms with Crippen LogP contribution in [-0.4, -0.2) is 45.1 Å². The summed E-state index contributed by atoms with van der Waals surface area (Å²) in [4.78, 5) is 4.40. The first kappa shape index (κ1) is 14.9. The van der Waals surface area contributed by atoms with Gasteiger partial charge in [-0.2, -0.15) is 0 Å². The standard InChI is InChI=1S/C16H20N2O4/c1-2-5-15-13(4-1)17-7-3-8-21-16-10-19-9-6-14(16)18-11-20-12-22-15/h1-2,4-6,9,16-17H,3,7-8,10-12H2. The SMILES string of the molecule is C1=CC2=NCOCOc3ccccc3NCCCOC2CO1. The summed E-state index contributed by atoms with van der Waals surface area (Å²) in [6, 6.07) is 7.80. The predicted octanol–water partition coefficient (Wildman–Crippen LogP) is 2.18. The van der Waals surface area contributed by atoms with E-state index in [1.54, 1.807) is 6.26 Å². The Balaban J connectivity index is 1.67. The van der Waals surface area contributed by atoms with Crippen molar-refractivity contribution < 1.29 is 18.9 Å². The zero-order valence-electron chi connectivity index (χ0n) is 12.4. The Morgan fingerprint density at radius 1 is 1.23 bits per heavy atom. The van der Waals surface area contributed by atoms with Gasteiger partial charge in [0.2, 0.25) is 0 Å². The molecule has 1 atom stereocenters. The summed E-state index contributed by atoms with van der Waals surface area (Å²) in [7, 11) is 0. The van der Waals surface area contributed by atoms with Gasteiger partial charge < -0.3 is 24.3 Å². The highest BCUT2D eigenvalue weighted by Crippen LogP contribution is 2.23. The van der Waals surface area contributed by atoms with Gasteiger partial charge in [0, 0.05) is 13.2 Å². The van der Waals surface area contributed by atoms with Crippen molar-refractivity contribution in [2.24, 2.45) is 4.99 Å². The monoisotopic (exact) mass is 304 g/mol. The fourth-order valence-corrected chi connectivity index (χ4v) is 2.26. The molecule has 3 rings (SSSR count). The summed E-state index contributed by atoms with van der Waals surface area (Å²) >= 11 is 0. The van der Waals surface area contributed by atoms with Crippen molar-refractivity contribution in [2.75, 3.05) is 38.6 Å². The largest absolute Gasteiger partial charge is 0.498 e. The first-order valence-electron chi connectivity index (χ1n) is 7.41. The highest BCUT2D eigenvalue weighted by atomic mass is 16.7. The van der Waals surface area contributed by atoms with Crippen LogP contribution >= 0.6 is 0 Å². The molecular weight excluding hydrogens is 284 g/mol. The van der Waals surface area contributed by atoms with Crippen LogP contribution in [0.4, 0.5) is 5.69 Å². The molecule has 2 aliphatic rings. The smallest absolute Gasteiger partial charge is 0.191 e. The van der Waals surface area contributed by atoms with Crippen molar-refractivity contribution in [3.05, 3.63) is 36.6 Å². The average molecular weight is 304 g/mol. The highest BCUT2D eigenvalue weighted by molar-refractivity contribution is 5.99. The number of hydrogen-bond donors (Lipinski definition) is 1. The van der Waals surface area contributed by atoms with E-state index < -0.39 is 0 Å². The van der Waals surface area contributed by atoms with E-state index in [1.165, 1.54) is 0 Å². The lowest BCUT2D eigenvalue weighted by Gasteiger charge is -2.22. The van der Waals surface area contributed by atoms with E-state index in [1.807, 2.05) is 30.3 Å². The molecule has 118 valence electrons. The summed E-state index contributed by atoms with van der Waals surface area (Å²) in [5.41, 5.74) is 1.80. The van der Waals surface area contributed by atoms with Gasteiger partial charge in [0.15, 0.2) is 6.79 Å². The fourth-order valence-electron chi connectivity index (χ4n) is 2.26. The van der Waals surface area contributed by atoms with Crippen molar-refractivity contribution in [3.63, 3.8) is 0 Å². The Bertz CT molecular complexity index is 545. The Hall–Kier alpha value is -2.05. The van der Waals surface area contributed by atoms with Gasteiger partial charge in [0.25, 0.3) is 0 Å². The third-order valence-corrected chi connectivity index (χ3v) is 3.39. The summed E-state index contributed by atoms with van der Waals surface area (Å²) < 4.78 is 22.2. The van der Waals surface area contributed by atoms with Gasteiger partial charge in [-0.15, -0.1) is 0 Å². The molecule has 1 aromatic rings. The average Bonchev–Trinajstić information content (AvgIpc) is 2.56. The molecule has 0 saturated heterocycles. The minimum atomic E-state index is -0.134. The number of nitrogens with zero attached hydrogens (tertiary/aromatic N) is 1. The number of rotatable bonds is 0. The fraction of sp³-hybridized carbons (Fsp3) is 0.438. The maximum atomic E-state index is 5.84. The van der Waals surface area contributed by atoms with E-state index >= 15 is 0 Å². The molecule has 0 radical (unpaired) electrons. The molecule has 0 aliphatic carbocycles. The van der Waals surface area contributed by atoms with Crippen LogP contribution in [0.3, 0.4) is 0 Å². The third kappa shape index (κ3) is 3.99. The van der Waals surface area contributed by atoms with Gasteiger partial charge >= 0.3 is 0 Å². The zero-order chi connectivity index (χ0) is 15.0. The molecule has 0 fully saturated rings. The van der Waals surface area contributed by atoms with Crippen LogP contribution in [0, 0.1) is 0 Å². The summed E-state index contributed by atoms with van der Waals surface area (Å²) in [5.74, 6) is 0.775. The van der Waals surface area contributed by atoms with Crippen molar-refractivity contribution in [3.8, 4) is 5.75 Å². The lowest BCUT2D eigenvalue weighted by Crippen LogP contribution is -2.31. The topological polar surface area (TPSA) is 61.3 Å². The Kier molecular flexibility index (Phi) is 5.28. The molecule has 0 spiro atoms. The first-order chi connectivity index (χ1) is 10.9. The number of anilines is 1. The Labute approximate surface area is 129 Å². The molecule has 0 bridgehead atoms. The summed E-state index contributed by atoms with van der Waals surface area (Å²) in [6.07, 6.45) is 4.21. The number of hydrogen-bond acceptors (Lipinski definition) is 6. The third-order valence-electron chi connectivity index (χ3n) is 3.39. The molecule has 0 amide bonds. The van der Waals surface area contributed by atoms with E-state index in [0.29, 0.717) is 13.2 Å². The predicted molar refractivity (Wildman–Crippen MR) is 83.3 cm³/mol. The summed E-state index contributed by atoms with van der Waals surface area (Å²) in [6.45, 7) is 2.31. The lowest BCUT2D eigenvalue weighted by molar-refractivity contribution is 0.0172. The van der Waals surface area contributed by atoms with Crippen molar-refractivity contribution in [2.45, 2.75) is 12.5 Å². The van der Waals surface area contributed by atoms with Gasteiger partial charge in [0.1, 0.15) is 25.2 Å². The number of fused-ring (bicyclic) bond motifs is 2. The van der Waals surface area contributed by atoms with Gasteiger partial charge in [-0.3, -0.25) is 4.99 Å². The van der Waals surface area contributed by atoms with E-state index in [9.17, 15) is 0 Å². The van der Waals surface area contributed by atoms with Crippen LogP contribution in [0.1, 0.15) is 6.42 Å². The second-order valence-corrected chi connectivity index (χ2v) is 4.95. The van der Waals surface area contributed by atoms with Crippen LogP contribution < -0.4 is 10.1 Å². The molecule has 6 heteroatoms. The molecule has 2 heterocycles. The van der Waals surface area contributed by atoms with Crippen molar-refractivity contribution >= 4 is 11.4 Å². The molecule has 1 N–H and O–H groups in total. The minimum Gasteiger partial charge on any atom is -0.498 e. The van der Waals surface area contributed by atoms with Gasteiger partial charge in [0.05, 0.1) is 17.7 Å². The molecule has 1 aromatic carbocycles. The number of para-hydroxylation sites is 2. The lowest BCUT2D eigenvalue weighted by atomic mass is 10.2. The molecule has 6 nitrogen and oxygen atoms in total. The number of aliphatic imine (C=N–C) groups is 1. The Morgan fingerprint density at radius 3 is 3.18 bits per heavy atom. The van der Waals surface area contributed by atoms with E-state index in [0.717, 1.165) is 30.1 Å². The van der Waals surface area contributed by atoms with Crippen LogP contribution in [0.25, 0.3) is 0 Å². The van der Waals surface area contributed by atoms with Crippen molar-refractivity contribution in [1.82, 2.24) is 0 Å². The van der Waals surface area contributed by atoms with E-state index in [4.69, 9.17) is 18.9 Å². The number of nitrogens with one attached hydrogen (secondary N) is 1.